The number of aromatic nitrogens is 2. The molecule has 0 unspecified atom stereocenters. The van der Waals surface area contributed by atoms with Crippen LogP contribution in [0.3, 0.4) is 0 Å². The van der Waals surface area contributed by atoms with Crippen molar-refractivity contribution in [2.75, 3.05) is 4.72 Å². The van der Waals surface area contributed by atoms with E-state index in [-0.39, 0.29) is 16.3 Å². The molecule has 0 atom stereocenters. The first-order valence-electron chi connectivity index (χ1n) is 8.57. The molecule has 0 saturated heterocycles. The van der Waals surface area contributed by atoms with Crippen molar-refractivity contribution in [1.82, 2.24) is 9.97 Å². The third-order valence-electron chi connectivity index (χ3n) is 4.56. The van der Waals surface area contributed by atoms with Crippen LogP contribution in [0.5, 0.6) is 0 Å². The third-order valence-corrected chi connectivity index (χ3v) is 6.27. The molecule has 4 aromatic rings. The van der Waals surface area contributed by atoms with Crippen LogP contribution >= 0.6 is 11.6 Å². The summed E-state index contributed by atoms with van der Waals surface area (Å²) in [7, 11) is -4.23. The van der Waals surface area contributed by atoms with Gasteiger partial charge >= 0.3 is 6.18 Å². The fraction of sp³-hybridized carbons (Fsp3) is 0.0526. The van der Waals surface area contributed by atoms with Crippen LogP contribution in [0.1, 0.15) is 16.1 Å². The van der Waals surface area contributed by atoms with Crippen molar-refractivity contribution in [3.63, 3.8) is 0 Å². The van der Waals surface area contributed by atoms with E-state index in [1.807, 2.05) is 0 Å². The lowest BCUT2D eigenvalue weighted by Gasteiger charge is -2.13. The molecule has 0 bridgehead atoms. The van der Waals surface area contributed by atoms with Gasteiger partial charge in [0.1, 0.15) is 0 Å². The van der Waals surface area contributed by atoms with E-state index in [1.54, 1.807) is 6.07 Å². The second kappa shape index (κ2) is 7.13. The number of anilines is 1. The van der Waals surface area contributed by atoms with Crippen molar-refractivity contribution in [3.8, 4) is 0 Å². The van der Waals surface area contributed by atoms with Crippen molar-refractivity contribution in [1.29, 1.82) is 0 Å². The number of carbonyl (C=O) groups is 1. The van der Waals surface area contributed by atoms with E-state index in [1.165, 1.54) is 24.4 Å². The van der Waals surface area contributed by atoms with Crippen molar-refractivity contribution < 1.29 is 26.4 Å². The second-order valence-corrected chi connectivity index (χ2v) is 8.67. The molecule has 160 valence electrons. The minimum atomic E-state index is -4.74. The number of H-pyrrole nitrogens is 1. The molecule has 0 radical (unpaired) electrons. The number of rotatable bonds is 4. The summed E-state index contributed by atoms with van der Waals surface area (Å²) < 4.78 is 66.9. The van der Waals surface area contributed by atoms with E-state index >= 15 is 0 Å². The Morgan fingerprint density at radius 2 is 1.84 bits per heavy atom. The summed E-state index contributed by atoms with van der Waals surface area (Å²) >= 11 is 5.57. The number of amides is 1. The van der Waals surface area contributed by atoms with E-state index in [4.69, 9.17) is 17.3 Å². The summed E-state index contributed by atoms with van der Waals surface area (Å²) in [6.07, 6.45) is -3.38. The average molecular weight is 469 g/mol. The molecule has 12 heteroatoms. The van der Waals surface area contributed by atoms with Gasteiger partial charge in [0.15, 0.2) is 5.69 Å². The van der Waals surface area contributed by atoms with E-state index < -0.39 is 32.7 Å². The van der Waals surface area contributed by atoms with Crippen LogP contribution in [0.4, 0.5) is 18.9 Å². The Labute approximate surface area is 178 Å². The van der Waals surface area contributed by atoms with Crippen LogP contribution < -0.4 is 10.5 Å². The van der Waals surface area contributed by atoms with Gasteiger partial charge in [-0.1, -0.05) is 11.6 Å². The van der Waals surface area contributed by atoms with Crippen LogP contribution in [0.2, 0.25) is 5.02 Å². The van der Waals surface area contributed by atoms with Crippen LogP contribution in [0.25, 0.3) is 21.8 Å². The summed E-state index contributed by atoms with van der Waals surface area (Å²) in [5.74, 6) is -0.755. The zero-order chi connectivity index (χ0) is 22.6. The van der Waals surface area contributed by atoms with Gasteiger partial charge in [0.2, 0.25) is 0 Å². The molecule has 2 aromatic carbocycles. The van der Waals surface area contributed by atoms with E-state index in [0.29, 0.717) is 27.9 Å². The maximum Gasteiger partial charge on any atom is 0.417 e. The van der Waals surface area contributed by atoms with Gasteiger partial charge in [0.05, 0.1) is 21.0 Å². The van der Waals surface area contributed by atoms with Gasteiger partial charge in [0, 0.05) is 28.2 Å². The molecule has 31 heavy (non-hydrogen) atoms. The number of pyridine rings is 1. The van der Waals surface area contributed by atoms with Crippen LogP contribution in [-0.2, 0) is 16.2 Å². The molecule has 0 saturated carbocycles. The van der Waals surface area contributed by atoms with Gasteiger partial charge < -0.3 is 10.7 Å². The molecule has 0 fully saturated rings. The van der Waals surface area contributed by atoms with Crippen LogP contribution in [0, 0.1) is 0 Å². The second-order valence-electron chi connectivity index (χ2n) is 6.58. The van der Waals surface area contributed by atoms with E-state index in [9.17, 15) is 26.4 Å². The Morgan fingerprint density at radius 1 is 1.10 bits per heavy atom. The number of sulfonamides is 1. The highest BCUT2D eigenvalue weighted by Crippen LogP contribution is 2.37. The number of nitrogens with two attached hydrogens (primary N) is 1. The van der Waals surface area contributed by atoms with Gasteiger partial charge in [-0.3, -0.25) is 9.52 Å². The van der Waals surface area contributed by atoms with Gasteiger partial charge in [-0.15, -0.1) is 0 Å². The normalized spacial score (nSPS) is 12.4. The van der Waals surface area contributed by atoms with Crippen molar-refractivity contribution in [2.24, 2.45) is 5.73 Å². The summed E-state index contributed by atoms with van der Waals surface area (Å²) in [4.78, 5) is 18.3. The van der Waals surface area contributed by atoms with Gasteiger partial charge in [0.25, 0.3) is 15.9 Å². The van der Waals surface area contributed by atoms with Crippen molar-refractivity contribution >= 4 is 55.0 Å². The number of primary amides is 1. The maximum atomic E-state index is 13.1. The topological polar surface area (TPSA) is 118 Å². The number of halogens is 4. The number of carbonyl (C=O) groups excluding carboxylic acids is 1. The molecule has 0 aliphatic rings. The minimum absolute atomic E-state index is 0.00271. The molecule has 0 aliphatic carbocycles. The zero-order valence-electron chi connectivity index (χ0n) is 15.3. The lowest BCUT2D eigenvalue weighted by molar-refractivity contribution is -0.137. The molecule has 1 amide bonds. The first kappa shape index (κ1) is 20.9. The van der Waals surface area contributed by atoms with Crippen molar-refractivity contribution in [2.45, 2.75) is 11.1 Å². The average Bonchev–Trinajstić information content (AvgIpc) is 3.06. The fourth-order valence-corrected chi connectivity index (χ4v) is 4.48. The van der Waals surface area contributed by atoms with E-state index in [0.717, 1.165) is 12.1 Å². The molecule has 2 heterocycles. The van der Waals surface area contributed by atoms with Gasteiger partial charge in [-0.2, -0.15) is 13.2 Å². The number of fused-ring (bicyclic) bond motifs is 3. The predicted octanol–water partition coefficient (Wildman–Crippen LogP) is 4.29. The smallest absolute Gasteiger partial charge is 0.364 e. The largest absolute Gasteiger partial charge is 0.417 e. The fourth-order valence-electron chi connectivity index (χ4n) is 3.18. The number of nitrogens with one attached hydrogen (secondary N) is 2. The monoisotopic (exact) mass is 468 g/mol. The number of hydrogen-bond donors (Lipinski definition) is 3. The first-order chi connectivity index (χ1) is 14.5. The van der Waals surface area contributed by atoms with Crippen LogP contribution in [0.15, 0.2) is 53.6 Å². The molecule has 0 spiro atoms. The minimum Gasteiger partial charge on any atom is -0.364 e. The molecular weight excluding hydrogens is 457 g/mol. The molecule has 0 aliphatic heterocycles. The summed E-state index contributed by atoms with van der Waals surface area (Å²) in [5.41, 5.74) is 4.74. The Balaban J connectivity index is 1.78. The van der Waals surface area contributed by atoms with Gasteiger partial charge in [-0.25, -0.2) is 13.4 Å². The lowest BCUT2D eigenvalue weighted by Crippen LogP contribution is -2.14. The number of nitrogens with zero attached hydrogens (tertiary/aromatic N) is 1. The highest BCUT2D eigenvalue weighted by Gasteiger charge is 2.33. The quantitative estimate of drug-likeness (QED) is 0.414. The number of aromatic amines is 1. The Bertz CT molecular complexity index is 1470. The molecule has 4 N–H and O–H groups in total. The number of benzene rings is 2. The molecule has 7 nitrogen and oxygen atoms in total. The SMILES string of the molecule is NC(=O)c1nccc2c1[nH]c1ccc(S(=O)(=O)Nc3ccc(Cl)c(C(F)(F)F)c3)cc12. The summed E-state index contributed by atoms with van der Waals surface area (Å²) in [6, 6.07) is 8.37. The summed E-state index contributed by atoms with van der Waals surface area (Å²) in [6.45, 7) is 0. The van der Waals surface area contributed by atoms with Gasteiger partial charge in [-0.05, 0) is 42.5 Å². The molecule has 2 aromatic heterocycles. The first-order valence-corrected chi connectivity index (χ1v) is 10.4. The maximum absolute atomic E-state index is 13.1. The molecule has 4 rings (SSSR count). The Hall–Kier alpha value is -3.31. The van der Waals surface area contributed by atoms with Crippen molar-refractivity contribution in [3.05, 3.63) is 64.9 Å². The highest BCUT2D eigenvalue weighted by molar-refractivity contribution is 7.92. The standard InChI is InChI=1S/C19H12ClF3N4O3S/c20-14-3-1-9(7-13(14)19(21,22)23)27-31(29,30)10-2-4-15-12(8-10)11-5-6-25-17(18(24)28)16(11)26-15/h1-8,26-27H,(H2,24,28). The molecular formula is C19H12ClF3N4O3S. The third kappa shape index (κ3) is 3.77. The van der Waals surface area contributed by atoms with E-state index in [2.05, 4.69) is 14.7 Å². The zero-order valence-corrected chi connectivity index (χ0v) is 16.9. The number of alkyl halides is 3. The Kier molecular flexibility index (Phi) is 4.82. The Morgan fingerprint density at radius 3 is 2.52 bits per heavy atom. The number of hydrogen-bond acceptors (Lipinski definition) is 4. The lowest BCUT2D eigenvalue weighted by atomic mass is 10.1. The summed E-state index contributed by atoms with van der Waals surface area (Å²) in [5, 5.41) is 0.436. The van der Waals surface area contributed by atoms with Crippen LogP contribution in [-0.4, -0.2) is 24.3 Å². The highest BCUT2D eigenvalue weighted by atomic mass is 35.5. The predicted molar refractivity (Wildman–Crippen MR) is 109 cm³/mol.